The zero-order valence-electron chi connectivity index (χ0n) is 14.5. The van der Waals surface area contributed by atoms with Crippen molar-refractivity contribution < 1.29 is 9.53 Å². The minimum Gasteiger partial charge on any atom is -0.444 e. The summed E-state index contributed by atoms with van der Waals surface area (Å²) in [7, 11) is 0. The lowest BCUT2D eigenvalue weighted by atomic mass is 10.0. The van der Waals surface area contributed by atoms with Crippen LogP contribution in [0.5, 0.6) is 0 Å². The quantitative estimate of drug-likeness (QED) is 0.882. The number of nitriles is 1. The normalized spacial score (nSPS) is 12.1. The van der Waals surface area contributed by atoms with Gasteiger partial charge in [-0.1, -0.05) is 36.4 Å². The molecule has 1 amide bonds. The molecule has 24 heavy (non-hydrogen) atoms. The summed E-state index contributed by atoms with van der Waals surface area (Å²) >= 11 is 0. The molecule has 0 heterocycles. The van der Waals surface area contributed by atoms with Gasteiger partial charge in [0.05, 0.1) is 17.7 Å². The smallest absolute Gasteiger partial charge is 0.408 e. The summed E-state index contributed by atoms with van der Waals surface area (Å²) in [5, 5.41) is 11.8. The van der Waals surface area contributed by atoms with E-state index in [2.05, 4.69) is 11.4 Å². The fourth-order valence-corrected chi connectivity index (χ4v) is 2.30. The van der Waals surface area contributed by atoms with Crippen LogP contribution in [0.4, 0.5) is 4.79 Å². The van der Waals surface area contributed by atoms with Gasteiger partial charge in [-0.05, 0) is 56.5 Å². The van der Waals surface area contributed by atoms with E-state index in [1.165, 1.54) is 0 Å². The minimum atomic E-state index is -0.514. The summed E-state index contributed by atoms with van der Waals surface area (Å²) in [6.07, 6.45) is -0.430. The van der Waals surface area contributed by atoms with Crippen LogP contribution in [-0.2, 0) is 4.74 Å². The maximum absolute atomic E-state index is 11.8. The van der Waals surface area contributed by atoms with Crippen molar-refractivity contribution in [2.75, 3.05) is 0 Å². The lowest BCUT2D eigenvalue weighted by Gasteiger charge is -2.22. The molecule has 0 saturated carbocycles. The molecular formula is C20H22N2O2. The Morgan fingerprint density at radius 3 is 2.38 bits per heavy atom. The molecule has 124 valence electrons. The van der Waals surface area contributed by atoms with E-state index in [4.69, 9.17) is 10.00 Å². The van der Waals surface area contributed by atoms with Crippen LogP contribution in [0.1, 0.15) is 44.9 Å². The van der Waals surface area contributed by atoms with Gasteiger partial charge in [-0.25, -0.2) is 4.79 Å². The molecule has 0 bridgehead atoms. The fraction of sp³-hybridized carbons (Fsp3) is 0.300. The first-order chi connectivity index (χ1) is 11.3. The van der Waals surface area contributed by atoms with E-state index in [0.29, 0.717) is 5.56 Å². The number of rotatable bonds is 3. The van der Waals surface area contributed by atoms with E-state index >= 15 is 0 Å². The van der Waals surface area contributed by atoms with Crippen molar-refractivity contribution in [2.45, 2.75) is 39.3 Å². The number of benzene rings is 2. The van der Waals surface area contributed by atoms with Crippen LogP contribution in [0.15, 0.2) is 48.5 Å². The maximum atomic E-state index is 11.8. The largest absolute Gasteiger partial charge is 0.444 e. The molecule has 2 aromatic rings. The van der Waals surface area contributed by atoms with E-state index in [1.54, 1.807) is 6.07 Å². The standard InChI is InChI=1S/C20H22N2O2/c1-14(22-19(23)24-20(2,3)4)16-8-10-17(11-9-16)18-7-5-6-15(12-18)13-21/h5-12,14H,1-4H3,(H,22,23)/t14-/m0/s1. The first-order valence-corrected chi connectivity index (χ1v) is 7.88. The zero-order chi connectivity index (χ0) is 17.7. The summed E-state index contributed by atoms with van der Waals surface area (Å²) in [5.74, 6) is 0. The Balaban J connectivity index is 2.08. The highest BCUT2D eigenvalue weighted by Gasteiger charge is 2.18. The molecule has 0 aromatic heterocycles. The molecule has 1 atom stereocenters. The second kappa shape index (κ2) is 7.18. The van der Waals surface area contributed by atoms with Crippen molar-refractivity contribution in [3.05, 3.63) is 59.7 Å². The van der Waals surface area contributed by atoms with Crippen LogP contribution in [-0.4, -0.2) is 11.7 Å². The SMILES string of the molecule is C[C@H](NC(=O)OC(C)(C)C)c1ccc(-c2cccc(C#N)c2)cc1. The van der Waals surface area contributed by atoms with E-state index in [-0.39, 0.29) is 6.04 Å². The summed E-state index contributed by atoms with van der Waals surface area (Å²) in [4.78, 5) is 11.8. The van der Waals surface area contributed by atoms with Gasteiger partial charge in [0.2, 0.25) is 0 Å². The van der Waals surface area contributed by atoms with Crippen LogP contribution < -0.4 is 5.32 Å². The highest BCUT2D eigenvalue weighted by Crippen LogP contribution is 2.23. The summed E-state index contributed by atoms with van der Waals surface area (Å²) in [6.45, 7) is 7.42. The Bertz CT molecular complexity index is 752. The number of ether oxygens (including phenoxy) is 1. The number of carbonyl (C=O) groups excluding carboxylic acids is 1. The number of nitrogens with one attached hydrogen (secondary N) is 1. The van der Waals surface area contributed by atoms with Crippen LogP contribution >= 0.6 is 0 Å². The lowest BCUT2D eigenvalue weighted by molar-refractivity contribution is 0.0508. The third-order valence-electron chi connectivity index (χ3n) is 3.47. The molecule has 1 N–H and O–H groups in total. The fourth-order valence-electron chi connectivity index (χ4n) is 2.30. The highest BCUT2D eigenvalue weighted by molar-refractivity contribution is 5.69. The van der Waals surface area contributed by atoms with Crippen molar-refractivity contribution in [3.8, 4) is 17.2 Å². The Morgan fingerprint density at radius 2 is 1.79 bits per heavy atom. The molecule has 2 aromatic carbocycles. The van der Waals surface area contributed by atoms with Gasteiger partial charge in [-0.2, -0.15) is 5.26 Å². The molecule has 0 unspecified atom stereocenters. The molecule has 0 fully saturated rings. The number of amides is 1. The number of alkyl carbamates (subject to hydrolysis) is 1. The number of nitrogens with zero attached hydrogens (tertiary/aromatic N) is 1. The third-order valence-corrected chi connectivity index (χ3v) is 3.47. The Labute approximate surface area is 143 Å². The lowest BCUT2D eigenvalue weighted by Crippen LogP contribution is -2.34. The molecule has 0 radical (unpaired) electrons. The van der Waals surface area contributed by atoms with Crippen molar-refractivity contribution in [1.29, 1.82) is 5.26 Å². The monoisotopic (exact) mass is 322 g/mol. The van der Waals surface area contributed by atoms with Crippen LogP contribution in [0, 0.1) is 11.3 Å². The zero-order valence-corrected chi connectivity index (χ0v) is 14.5. The van der Waals surface area contributed by atoms with Crippen LogP contribution in [0.25, 0.3) is 11.1 Å². The van der Waals surface area contributed by atoms with Crippen molar-refractivity contribution in [1.82, 2.24) is 5.32 Å². The molecule has 2 rings (SSSR count). The van der Waals surface area contributed by atoms with Crippen LogP contribution in [0.2, 0.25) is 0 Å². The molecule has 0 aliphatic carbocycles. The van der Waals surface area contributed by atoms with Gasteiger partial charge in [0.25, 0.3) is 0 Å². The topological polar surface area (TPSA) is 62.1 Å². The molecule has 4 nitrogen and oxygen atoms in total. The Hall–Kier alpha value is -2.80. The van der Waals surface area contributed by atoms with Crippen molar-refractivity contribution in [2.24, 2.45) is 0 Å². The second-order valence-electron chi connectivity index (χ2n) is 6.68. The van der Waals surface area contributed by atoms with Gasteiger partial charge in [0.15, 0.2) is 0 Å². The summed E-state index contributed by atoms with van der Waals surface area (Å²) < 4.78 is 5.27. The van der Waals surface area contributed by atoms with Gasteiger partial charge in [0.1, 0.15) is 5.60 Å². The third kappa shape index (κ3) is 4.85. The van der Waals surface area contributed by atoms with Crippen LogP contribution in [0.3, 0.4) is 0 Å². The molecule has 4 heteroatoms. The van der Waals surface area contributed by atoms with Gasteiger partial charge in [0, 0.05) is 0 Å². The first kappa shape index (κ1) is 17.6. The molecule has 0 aliphatic heterocycles. The van der Waals surface area contributed by atoms with Crippen molar-refractivity contribution >= 4 is 6.09 Å². The predicted molar refractivity (Wildman–Crippen MR) is 94.4 cm³/mol. The Kier molecular flexibility index (Phi) is 5.25. The van der Waals surface area contributed by atoms with E-state index in [9.17, 15) is 4.79 Å². The molecule has 0 aliphatic rings. The Morgan fingerprint density at radius 1 is 1.12 bits per heavy atom. The number of hydrogen-bond donors (Lipinski definition) is 1. The van der Waals surface area contributed by atoms with E-state index in [0.717, 1.165) is 16.7 Å². The van der Waals surface area contributed by atoms with Gasteiger partial charge in [-0.3, -0.25) is 0 Å². The minimum absolute atomic E-state index is 0.153. The maximum Gasteiger partial charge on any atom is 0.408 e. The molecule has 0 saturated heterocycles. The van der Waals surface area contributed by atoms with Gasteiger partial charge < -0.3 is 10.1 Å². The predicted octanol–water partition coefficient (Wildman–Crippen LogP) is 4.81. The molecular weight excluding hydrogens is 300 g/mol. The van der Waals surface area contributed by atoms with Gasteiger partial charge in [-0.15, -0.1) is 0 Å². The first-order valence-electron chi connectivity index (χ1n) is 7.88. The highest BCUT2D eigenvalue weighted by atomic mass is 16.6. The van der Waals surface area contributed by atoms with E-state index in [1.807, 2.05) is 70.2 Å². The van der Waals surface area contributed by atoms with Gasteiger partial charge >= 0.3 is 6.09 Å². The number of hydrogen-bond acceptors (Lipinski definition) is 3. The summed E-state index contributed by atoms with van der Waals surface area (Å²) in [5.41, 5.74) is 3.13. The average Bonchev–Trinajstić information content (AvgIpc) is 2.53. The second-order valence-corrected chi connectivity index (χ2v) is 6.68. The van der Waals surface area contributed by atoms with E-state index < -0.39 is 11.7 Å². The average molecular weight is 322 g/mol. The summed E-state index contributed by atoms with van der Waals surface area (Å²) in [6, 6.07) is 17.4. The van der Waals surface area contributed by atoms with Crippen molar-refractivity contribution in [3.63, 3.8) is 0 Å². The molecule has 0 spiro atoms. The number of carbonyl (C=O) groups is 1.